The first-order valence-corrected chi connectivity index (χ1v) is 8.50. The summed E-state index contributed by atoms with van der Waals surface area (Å²) in [5.74, 6) is -0.266. The van der Waals surface area contributed by atoms with Crippen molar-refractivity contribution in [1.82, 2.24) is 0 Å². The highest BCUT2D eigenvalue weighted by atomic mass is 79.9. The van der Waals surface area contributed by atoms with Gasteiger partial charge in [-0.15, -0.1) is 0 Å². The molecule has 0 bridgehead atoms. The Morgan fingerprint density at radius 3 is 2.52 bits per heavy atom. The number of carbonyl (C=O) groups excluding carboxylic acids is 1. The van der Waals surface area contributed by atoms with E-state index in [-0.39, 0.29) is 16.9 Å². The van der Waals surface area contributed by atoms with Crippen molar-refractivity contribution in [3.63, 3.8) is 0 Å². The average Bonchev–Trinajstić information content (AvgIpc) is 2.57. The van der Waals surface area contributed by atoms with Crippen LogP contribution in [0.3, 0.4) is 0 Å². The lowest BCUT2D eigenvalue weighted by Gasteiger charge is -2.32. The molecule has 0 N–H and O–H groups in total. The minimum absolute atomic E-state index is 0.0451. The highest BCUT2D eigenvalue weighted by molar-refractivity contribution is 9.09. The maximum Gasteiger partial charge on any atom is 0.303 e. The summed E-state index contributed by atoms with van der Waals surface area (Å²) in [4.78, 5) is 11.6. The lowest BCUT2D eigenvalue weighted by atomic mass is 9.81. The topological polar surface area (TPSA) is 26.3 Å². The number of hydrogen-bond donors (Lipinski definition) is 0. The number of ether oxygens (including phenoxy) is 1. The van der Waals surface area contributed by atoms with Crippen LogP contribution in [0.2, 0.25) is 0 Å². The van der Waals surface area contributed by atoms with Gasteiger partial charge < -0.3 is 4.74 Å². The molecule has 0 amide bonds. The van der Waals surface area contributed by atoms with Crippen LogP contribution in [0, 0.1) is 0 Å². The van der Waals surface area contributed by atoms with Crippen molar-refractivity contribution in [2.24, 2.45) is 0 Å². The molecule has 114 valence electrons. The van der Waals surface area contributed by atoms with E-state index < -0.39 is 0 Å². The molecule has 0 radical (unpaired) electrons. The first-order chi connectivity index (χ1) is 11.2. The van der Waals surface area contributed by atoms with E-state index >= 15 is 0 Å². The second-order valence-electron chi connectivity index (χ2n) is 5.77. The zero-order valence-corrected chi connectivity index (χ0v) is 14.2. The van der Waals surface area contributed by atoms with Crippen LogP contribution < -0.4 is 0 Å². The molecule has 2 unspecified atom stereocenters. The smallest absolute Gasteiger partial charge is 0.303 e. The fraction of sp³-hybridized carbons (Fsp3) is 0.150. The molecule has 1 aliphatic rings. The van der Waals surface area contributed by atoms with Gasteiger partial charge in [0.15, 0.2) is 0 Å². The average molecular weight is 367 g/mol. The van der Waals surface area contributed by atoms with Crippen LogP contribution in [-0.2, 0) is 9.53 Å². The minimum atomic E-state index is -0.318. The van der Waals surface area contributed by atoms with Crippen LogP contribution >= 0.6 is 15.9 Å². The molecule has 0 heterocycles. The summed E-state index contributed by atoms with van der Waals surface area (Å²) >= 11 is 3.74. The van der Waals surface area contributed by atoms with Gasteiger partial charge in [-0.05, 0) is 27.5 Å². The molecular weight excluding hydrogens is 352 g/mol. The van der Waals surface area contributed by atoms with Crippen LogP contribution in [0.4, 0.5) is 0 Å². The van der Waals surface area contributed by atoms with E-state index in [2.05, 4.69) is 58.4 Å². The van der Waals surface area contributed by atoms with Crippen molar-refractivity contribution >= 4 is 32.7 Å². The van der Waals surface area contributed by atoms with Crippen LogP contribution in [0.1, 0.15) is 29.0 Å². The third-order valence-electron chi connectivity index (χ3n) is 4.35. The summed E-state index contributed by atoms with van der Waals surface area (Å²) in [7, 11) is 0. The second-order valence-corrected chi connectivity index (χ2v) is 6.76. The number of carbonyl (C=O) groups is 1. The van der Waals surface area contributed by atoms with Gasteiger partial charge in [-0.25, -0.2) is 0 Å². The lowest BCUT2D eigenvalue weighted by molar-refractivity contribution is -0.146. The maximum atomic E-state index is 11.6. The molecule has 0 fully saturated rings. The van der Waals surface area contributed by atoms with Gasteiger partial charge in [0.1, 0.15) is 6.10 Å². The number of benzene rings is 3. The Morgan fingerprint density at radius 1 is 0.957 bits per heavy atom. The van der Waals surface area contributed by atoms with Crippen molar-refractivity contribution in [3.05, 3.63) is 71.8 Å². The SMILES string of the molecule is CC(=O)OC1c2ccc3ccccc3c2-c2ccccc2C1Br. The number of hydrogen-bond acceptors (Lipinski definition) is 2. The Kier molecular flexibility index (Phi) is 3.46. The fourth-order valence-corrected chi connectivity index (χ4v) is 4.21. The zero-order chi connectivity index (χ0) is 16.0. The molecule has 2 nitrogen and oxygen atoms in total. The molecular formula is C20H15BrO2. The third kappa shape index (κ3) is 2.27. The highest BCUT2D eigenvalue weighted by Crippen LogP contribution is 2.52. The summed E-state index contributed by atoms with van der Waals surface area (Å²) < 4.78 is 5.65. The summed E-state index contributed by atoms with van der Waals surface area (Å²) in [6, 6.07) is 20.8. The molecule has 3 aromatic rings. The van der Waals surface area contributed by atoms with E-state index in [1.54, 1.807) is 0 Å². The Hall–Kier alpha value is -2.13. The summed E-state index contributed by atoms with van der Waals surface area (Å²) in [5.41, 5.74) is 4.58. The first kappa shape index (κ1) is 14.5. The number of halogens is 1. The molecule has 4 rings (SSSR count). The van der Waals surface area contributed by atoms with Crippen molar-refractivity contribution in [2.45, 2.75) is 17.9 Å². The van der Waals surface area contributed by atoms with E-state index in [1.165, 1.54) is 28.8 Å². The van der Waals surface area contributed by atoms with E-state index in [9.17, 15) is 4.79 Å². The molecule has 0 aromatic heterocycles. The van der Waals surface area contributed by atoms with Gasteiger partial charge >= 0.3 is 5.97 Å². The fourth-order valence-electron chi connectivity index (χ4n) is 3.41. The molecule has 1 aliphatic carbocycles. The molecule has 3 aromatic carbocycles. The van der Waals surface area contributed by atoms with Crippen molar-refractivity contribution < 1.29 is 9.53 Å². The minimum Gasteiger partial charge on any atom is -0.456 e. The molecule has 0 aliphatic heterocycles. The lowest BCUT2D eigenvalue weighted by Crippen LogP contribution is -2.19. The number of esters is 1. The molecule has 0 saturated heterocycles. The van der Waals surface area contributed by atoms with E-state index in [4.69, 9.17) is 4.74 Å². The molecule has 23 heavy (non-hydrogen) atoms. The Morgan fingerprint density at radius 2 is 1.70 bits per heavy atom. The van der Waals surface area contributed by atoms with Gasteiger partial charge in [-0.2, -0.15) is 0 Å². The van der Waals surface area contributed by atoms with Crippen LogP contribution in [0.25, 0.3) is 21.9 Å². The normalized spacial score (nSPS) is 19.0. The van der Waals surface area contributed by atoms with Crippen molar-refractivity contribution in [3.8, 4) is 11.1 Å². The summed E-state index contributed by atoms with van der Waals surface area (Å²) in [6.45, 7) is 1.46. The standard InChI is InChI=1S/C20H15BrO2/c1-12(22)23-20-17-11-10-13-6-2-3-7-14(13)18(17)15-8-4-5-9-16(15)19(20)21/h2-11,19-20H,1H3. The largest absolute Gasteiger partial charge is 0.456 e. The van der Waals surface area contributed by atoms with Crippen molar-refractivity contribution in [2.75, 3.05) is 0 Å². The van der Waals surface area contributed by atoms with Crippen molar-refractivity contribution in [1.29, 1.82) is 0 Å². The first-order valence-electron chi connectivity index (χ1n) is 7.59. The molecule has 3 heteroatoms. The Balaban J connectivity index is 2.07. The quantitative estimate of drug-likeness (QED) is 0.416. The number of fused-ring (bicyclic) bond motifs is 5. The van der Waals surface area contributed by atoms with E-state index in [1.807, 2.05) is 18.2 Å². The highest BCUT2D eigenvalue weighted by Gasteiger charge is 2.35. The molecule has 0 spiro atoms. The molecule has 2 atom stereocenters. The zero-order valence-electron chi connectivity index (χ0n) is 12.6. The van der Waals surface area contributed by atoms with Crippen LogP contribution in [-0.4, -0.2) is 5.97 Å². The Labute approximate surface area is 143 Å². The predicted octanol–water partition coefficient (Wildman–Crippen LogP) is 5.56. The van der Waals surface area contributed by atoms with E-state index in [0.29, 0.717) is 0 Å². The van der Waals surface area contributed by atoms with Gasteiger partial charge in [-0.1, -0.05) is 76.6 Å². The van der Waals surface area contributed by atoms with Gasteiger partial charge in [-0.3, -0.25) is 4.79 Å². The number of alkyl halides is 1. The summed E-state index contributed by atoms with van der Waals surface area (Å²) in [5, 5.41) is 2.38. The second kappa shape index (κ2) is 5.50. The molecule has 0 saturated carbocycles. The maximum absolute atomic E-state index is 11.6. The van der Waals surface area contributed by atoms with E-state index in [0.717, 1.165) is 11.1 Å². The summed E-state index contributed by atoms with van der Waals surface area (Å²) in [6.07, 6.45) is -0.318. The van der Waals surface area contributed by atoms with Gasteiger partial charge in [0, 0.05) is 12.5 Å². The Bertz CT molecular complexity index is 916. The van der Waals surface area contributed by atoms with Gasteiger partial charge in [0.25, 0.3) is 0 Å². The third-order valence-corrected chi connectivity index (χ3v) is 5.33. The predicted molar refractivity (Wildman–Crippen MR) is 95.6 cm³/mol. The van der Waals surface area contributed by atoms with Gasteiger partial charge in [0.05, 0.1) is 4.83 Å². The van der Waals surface area contributed by atoms with Crippen LogP contribution in [0.15, 0.2) is 60.7 Å². The van der Waals surface area contributed by atoms with Crippen LogP contribution in [0.5, 0.6) is 0 Å². The monoisotopic (exact) mass is 366 g/mol. The number of rotatable bonds is 1. The van der Waals surface area contributed by atoms with Gasteiger partial charge in [0.2, 0.25) is 0 Å².